The molecule has 2 rings (SSSR count). The first-order valence-corrected chi connectivity index (χ1v) is 6.63. The molecule has 0 amide bonds. The predicted octanol–water partition coefficient (Wildman–Crippen LogP) is 4.70. The molecule has 2 aliphatic carbocycles. The van der Waals surface area contributed by atoms with E-state index in [0.29, 0.717) is 0 Å². The summed E-state index contributed by atoms with van der Waals surface area (Å²) in [6, 6.07) is 0. The van der Waals surface area contributed by atoms with Crippen molar-refractivity contribution in [3.63, 3.8) is 0 Å². The van der Waals surface area contributed by atoms with E-state index >= 15 is 0 Å². The Morgan fingerprint density at radius 3 is 2.21 bits per heavy atom. The van der Waals surface area contributed by atoms with Gasteiger partial charge in [-0.15, -0.1) is 0 Å². The quantitative estimate of drug-likeness (QED) is 0.417. The summed E-state index contributed by atoms with van der Waals surface area (Å²) >= 11 is 0. The summed E-state index contributed by atoms with van der Waals surface area (Å²) in [6.07, 6.45) is 19.7. The molecule has 0 spiro atoms. The minimum Gasteiger partial charge on any atom is -0.0882 e. The zero-order valence-corrected chi connectivity index (χ0v) is 9.38. The summed E-state index contributed by atoms with van der Waals surface area (Å²) in [4.78, 5) is 0. The van der Waals surface area contributed by atoms with Crippen molar-refractivity contribution in [1.82, 2.24) is 0 Å². The minimum absolute atomic E-state index is 0.940. The summed E-state index contributed by atoms with van der Waals surface area (Å²) in [5.41, 5.74) is 0. The first kappa shape index (κ1) is 10.3. The molecule has 0 bridgehead atoms. The number of allylic oxidation sites excluding steroid dienone is 2. The third-order valence-electron chi connectivity index (χ3n) is 4.05. The molecule has 0 heteroatoms. The van der Waals surface area contributed by atoms with Gasteiger partial charge in [0.2, 0.25) is 0 Å². The van der Waals surface area contributed by atoms with Crippen LogP contribution < -0.4 is 0 Å². The van der Waals surface area contributed by atoms with E-state index in [9.17, 15) is 0 Å². The van der Waals surface area contributed by atoms with E-state index in [0.717, 1.165) is 11.8 Å². The smallest absolute Gasteiger partial charge is 0.0205 e. The zero-order chi connectivity index (χ0) is 9.64. The van der Waals surface area contributed by atoms with Crippen LogP contribution in [0.5, 0.6) is 0 Å². The van der Waals surface area contributed by atoms with Gasteiger partial charge in [0.1, 0.15) is 0 Å². The van der Waals surface area contributed by atoms with Gasteiger partial charge in [-0.3, -0.25) is 0 Å². The fraction of sp³-hybridized carbons (Fsp3) is 0.857. The third kappa shape index (κ3) is 2.87. The fourth-order valence-corrected chi connectivity index (χ4v) is 3.14. The average molecular weight is 192 g/mol. The van der Waals surface area contributed by atoms with Crippen molar-refractivity contribution in [2.75, 3.05) is 0 Å². The summed E-state index contributed by atoms with van der Waals surface area (Å²) in [5.74, 6) is 1.97. The second kappa shape index (κ2) is 5.58. The van der Waals surface area contributed by atoms with Crippen LogP contribution in [-0.4, -0.2) is 0 Å². The van der Waals surface area contributed by atoms with Gasteiger partial charge in [-0.1, -0.05) is 44.3 Å². The van der Waals surface area contributed by atoms with Gasteiger partial charge in [-0.25, -0.2) is 0 Å². The number of hydrogen-bond donors (Lipinski definition) is 0. The molecule has 0 N–H and O–H groups in total. The standard InChI is InChI=1S/C14H24/c1-2-6-10-13(9-5-1)14-11-7-3-4-8-12-14/h5,9,13-14H,1-4,6-8,10-12H2. The second-order valence-corrected chi connectivity index (χ2v) is 5.13. The van der Waals surface area contributed by atoms with Gasteiger partial charge in [0.15, 0.2) is 0 Å². The highest BCUT2D eigenvalue weighted by atomic mass is 14.3. The molecular weight excluding hydrogens is 168 g/mol. The molecule has 0 radical (unpaired) electrons. The van der Waals surface area contributed by atoms with Crippen LogP contribution in [0.25, 0.3) is 0 Å². The van der Waals surface area contributed by atoms with E-state index in [1.54, 1.807) is 0 Å². The van der Waals surface area contributed by atoms with Crippen LogP contribution in [0.1, 0.15) is 64.2 Å². The topological polar surface area (TPSA) is 0 Å². The lowest BCUT2D eigenvalue weighted by atomic mass is 9.83. The number of rotatable bonds is 1. The average Bonchev–Trinajstić information content (AvgIpc) is 2.62. The molecule has 0 heterocycles. The Balaban J connectivity index is 1.90. The van der Waals surface area contributed by atoms with Gasteiger partial charge in [0.25, 0.3) is 0 Å². The van der Waals surface area contributed by atoms with Crippen LogP contribution >= 0.6 is 0 Å². The van der Waals surface area contributed by atoms with Gasteiger partial charge in [0.05, 0.1) is 0 Å². The maximum Gasteiger partial charge on any atom is -0.0205 e. The minimum atomic E-state index is 0.940. The Morgan fingerprint density at radius 1 is 0.714 bits per heavy atom. The molecule has 1 fully saturated rings. The van der Waals surface area contributed by atoms with Crippen LogP contribution in [0.4, 0.5) is 0 Å². The van der Waals surface area contributed by atoms with Crippen LogP contribution in [0.2, 0.25) is 0 Å². The Bertz CT molecular complexity index is 172. The molecule has 1 unspecified atom stereocenters. The molecule has 0 aliphatic heterocycles. The highest BCUT2D eigenvalue weighted by Crippen LogP contribution is 2.33. The molecule has 2 aliphatic rings. The van der Waals surface area contributed by atoms with Crippen LogP contribution in [0, 0.1) is 11.8 Å². The summed E-state index contributed by atoms with van der Waals surface area (Å²) < 4.78 is 0. The van der Waals surface area contributed by atoms with Crippen molar-refractivity contribution in [2.45, 2.75) is 64.2 Å². The Morgan fingerprint density at radius 2 is 1.43 bits per heavy atom. The molecule has 1 atom stereocenters. The van der Waals surface area contributed by atoms with Crippen molar-refractivity contribution < 1.29 is 0 Å². The first-order chi connectivity index (χ1) is 6.97. The van der Waals surface area contributed by atoms with Gasteiger partial charge >= 0.3 is 0 Å². The SMILES string of the molecule is C1=CC(C2CCCCCC2)CCCC1. The molecule has 0 aromatic heterocycles. The third-order valence-corrected chi connectivity index (χ3v) is 4.05. The van der Waals surface area contributed by atoms with Gasteiger partial charge in [0, 0.05) is 0 Å². The summed E-state index contributed by atoms with van der Waals surface area (Å²) in [6.45, 7) is 0. The van der Waals surface area contributed by atoms with E-state index in [2.05, 4.69) is 12.2 Å². The lowest BCUT2D eigenvalue weighted by Gasteiger charge is -2.22. The van der Waals surface area contributed by atoms with E-state index in [4.69, 9.17) is 0 Å². The van der Waals surface area contributed by atoms with Crippen molar-refractivity contribution in [2.24, 2.45) is 11.8 Å². The van der Waals surface area contributed by atoms with Crippen molar-refractivity contribution in [1.29, 1.82) is 0 Å². The first-order valence-electron chi connectivity index (χ1n) is 6.63. The normalized spacial score (nSPS) is 31.0. The monoisotopic (exact) mass is 192 g/mol. The van der Waals surface area contributed by atoms with Crippen molar-refractivity contribution in [3.8, 4) is 0 Å². The molecule has 0 saturated heterocycles. The maximum atomic E-state index is 2.54. The predicted molar refractivity (Wildman–Crippen MR) is 62.3 cm³/mol. The van der Waals surface area contributed by atoms with E-state index in [1.165, 1.54) is 64.2 Å². The zero-order valence-electron chi connectivity index (χ0n) is 9.38. The highest BCUT2D eigenvalue weighted by Gasteiger charge is 2.20. The largest absolute Gasteiger partial charge is 0.0882 e. The van der Waals surface area contributed by atoms with Crippen molar-refractivity contribution >= 4 is 0 Å². The molecule has 1 saturated carbocycles. The van der Waals surface area contributed by atoms with Crippen LogP contribution in [0.15, 0.2) is 12.2 Å². The van der Waals surface area contributed by atoms with Crippen molar-refractivity contribution in [3.05, 3.63) is 12.2 Å². The molecular formula is C14H24. The second-order valence-electron chi connectivity index (χ2n) is 5.13. The van der Waals surface area contributed by atoms with Gasteiger partial charge < -0.3 is 0 Å². The van der Waals surface area contributed by atoms with Crippen LogP contribution in [0.3, 0.4) is 0 Å². The maximum absolute atomic E-state index is 2.54. The fourth-order valence-electron chi connectivity index (χ4n) is 3.14. The summed E-state index contributed by atoms with van der Waals surface area (Å²) in [7, 11) is 0. The van der Waals surface area contributed by atoms with Gasteiger partial charge in [-0.2, -0.15) is 0 Å². The molecule has 0 aromatic carbocycles. The Hall–Kier alpha value is -0.260. The molecule has 0 aromatic rings. The lowest BCUT2D eigenvalue weighted by Crippen LogP contribution is -2.11. The number of hydrogen-bond acceptors (Lipinski definition) is 0. The summed E-state index contributed by atoms with van der Waals surface area (Å²) in [5, 5.41) is 0. The Kier molecular flexibility index (Phi) is 4.09. The highest BCUT2D eigenvalue weighted by molar-refractivity contribution is 4.94. The van der Waals surface area contributed by atoms with E-state index in [-0.39, 0.29) is 0 Å². The van der Waals surface area contributed by atoms with Crippen LogP contribution in [-0.2, 0) is 0 Å². The lowest BCUT2D eigenvalue weighted by molar-refractivity contribution is 0.331. The molecule has 80 valence electrons. The molecule has 14 heavy (non-hydrogen) atoms. The molecule has 0 nitrogen and oxygen atoms in total. The van der Waals surface area contributed by atoms with E-state index in [1.807, 2.05) is 0 Å². The van der Waals surface area contributed by atoms with E-state index < -0.39 is 0 Å². The van der Waals surface area contributed by atoms with Gasteiger partial charge in [-0.05, 0) is 43.9 Å². The Labute approximate surface area is 88.8 Å².